The van der Waals surface area contributed by atoms with Crippen LogP contribution in [0.4, 0.5) is 5.82 Å². The molecule has 1 fully saturated rings. The van der Waals surface area contributed by atoms with Gasteiger partial charge in [0.25, 0.3) is 0 Å². The quantitative estimate of drug-likeness (QED) is 0.496. The first-order valence-corrected chi connectivity index (χ1v) is 8.27. The van der Waals surface area contributed by atoms with Gasteiger partial charge in [0.15, 0.2) is 5.82 Å². The van der Waals surface area contributed by atoms with E-state index in [0.29, 0.717) is 5.82 Å². The number of fused-ring (bicyclic) bond motifs is 3. The molecule has 1 aliphatic rings. The Labute approximate surface area is 155 Å². The summed E-state index contributed by atoms with van der Waals surface area (Å²) in [6.07, 6.45) is 5.42. The Bertz CT molecular complexity index is 958. The number of halogens is 1. The second kappa shape index (κ2) is 7.30. The SMILES string of the molecule is CNC(=O)C(=O)Nc1nn(C2CCNCC2)c2c1cnc1[nH]ccc12.Cl. The molecule has 1 saturated heterocycles. The molecule has 0 atom stereocenters. The Morgan fingerprint density at radius 1 is 1.23 bits per heavy atom. The van der Waals surface area contributed by atoms with Gasteiger partial charge in [0.1, 0.15) is 5.65 Å². The van der Waals surface area contributed by atoms with Gasteiger partial charge in [-0.05, 0) is 32.0 Å². The van der Waals surface area contributed by atoms with Gasteiger partial charge in [0.05, 0.1) is 16.9 Å². The molecule has 0 bridgehead atoms. The number of H-pyrrole nitrogens is 1. The molecule has 0 radical (unpaired) electrons. The van der Waals surface area contributed by atoms with Crippen LogP contribution in [-0.4, -0.2) is 51.7 Å². The summed E-state index contributed by atoms with van der Waals surface area (Å²) >= 11 is 0. The lowest BCUT2D eigenvalue weighted by Gasteiger charge is -2.23. The normalized spacial score (nSPS) is 15.0. The van der Waals surface area contributed by atoms with Gasteiger partial charge in [-0.3, -0.25) is 14.3 Å². The molecule has 2 amide bonds. The standard InChI is InChI=1S/C16H19N7O2.ClH/c1-17-15(24)16(25)21-14-11-8-20-13-10(4-7-19-13)12(11)23(22-14)9-2-5-18-6-3-9;/h4,7-9,18H,2-3,5-6H2,1H3,(H,17,24)(H,19,20)(H,21,22,25);1H. The van der Waals surface area contributed by atoms with Gasteiger partial charge in [-0.1, -0.05) is 0 Å². The monoisotopic (exact) mass is 377 g/mol. The summed E-state index contributed by atoms with van der Waals surface area (Å²) in [5.74, 6) is -1.09. The van der Waals surface area contributed by atoms with Gasteiger partial charge in [0, 0.05) is 24.8 Å². The Kier molecular flexibility index (Phi) is 5.10. The van der Waals surface area contributed by atoms with Crippen molar-refractivity contribution < 1.29 is 9.59 Å². The molecule has 0 aromatic carbocycles. The van der Waals surface area contributed by atoms with Crippen molar-refractivity contribution in [2.75, 3.05) is 25.5 Å². The maximum atomic E-state index is 12.0. The van der Waals surface area contributed by atoms with E-state index in [1.54, 1.807) is 6.20 Å². The number of hydrogen-bond acceptors (Lipinski definition) is 5. The fourth-order valence-corrected chi connectivity index (χ4v) is 3.31. The number of nitrogens with zero attached hydrogens (tertiary/aromatic N) is 3. The second-order valence-corrected chi connectivity index (χ2v) is 6.07. The Balaban J connectivity index is 0.00000196. The van der Waals surface area contributed by atoms with E-state index in [1.807, 2.05) is 16.9 Å². The second-order valence-electron chi connectivity index (χ2n) is 6.07. The molecule has 138 valence electrons. The van der Waals surface area contributed by atoms with Crippen LogP contribution in [-0.2, 0) is 9.59 Å². The molecule has 0 aliphatic carbocycles. The van der Waals surface area contributed by atoms with Gasteiger partial charge < -0.3 is 20.9 Å². The topological polar surface area (TPSA) is 117 Å². The summed E-state index contributed by atoms with van der Waals surface area (Å²) in [4.78, 5) is 31.0. The van der Waals surface area contributed by atoms with Crippen molar-refractivity contribution in [1.29, 1.82) is 0 Å². The summed E-state index contributed by atoms with van der Waals surface area (Å²) in [6.45, 7) is 1.85. The van der Waals surface area contributed by atoms with Crippen LogP contribution in [0.5, 0.6) is 0 Å². The maximum Gasteiger partial charge on any atom is 0.314 e. The molecule has 1 aliphatic heterocycles. The van der Waals surface area contributed by atoms with Crippen molar-refractivity contribution in [1.82, 2.24) is 30.4 Å². The smallest absolute Gasteiger partial charge is 0.314 e. The van der Waals surface area contributed by atoms with Gasteiger partial charge in [-0.2, -0.15) is 5.10 Å². The maximum absolute atomic E-state index is 12.0. The van der Waals surface area contributed by atoms with E-state index in [0.717, 1.165) is 47.9 Å². The molecule has 0 saturated carbocycles. The van der Waals surface area contributed by atoms with Crippen molar-refractivity contribution in [3.8, 4) is 0 Å². The fourth-order valence-electron chi connectivity index (χ4n) is 3.31. The molecule has 4 N–H and O–H groups in total. The first-order valence-electron chi connectivity index (χ1n) is 8.27. The molecular weight excluding hydrogens is 358 g/mol. The summed E-state index contributed by atoms with van der Waals surface area (Å²) in [5.41, 5.74) is 1.69. The van der Waals surface area contributed by atoms with Gasteiger partial charge in [-0.15, -0.1) is 12.4 Å². The Morgan fingerprint density at radius 2 is 2.00 bits per heavy atom. The van der Waals surface area contributed by atoms with E-state index >= 15 is 0 Å². The van der Waals surface area contributed by atoms with E-state index in [9.17, 15) is 9.59 Å². The molecule has 3 aromatic rings. The minimum Gasteiger partial charge on any atom is -0.351 e. The number of aromatic nitrogens is 4. The van der Waals surface area contributed by atoms with Crippen LogP contribution in [0.2, 0.25) is 0 Å². The van der Waals surface area contributed by atoms with Crippen LogP contribution in [0.1, 0.15) is 18.9 Å². The minimum absolute atomic E-state index is 0. The van der Waals surface area contributed by atoms with Crippen molar-refractivity contribution in [3.63, 3.8) is 0 Å². The average Bonchev–Trinajstić information content (AvgIpc) is 3.26. The zero-order valence-electron chi connectivity index (χ0n) is 14.2. The van der Waals surface area contributed by atoms with Crippen LogP contribution in [0.25, 0.3) is 21.9 Å². The summed E-state index contributed by atoms with van der Waals surface area (Å²) in [7, 11) is 1.42. The summed E-state index contributed by atoms with van der Waals surface area (Å²) in [6, 6.07) is 2.18. The van der Waals surface area contributed by atoms with Crippen LogP contribution in [0.15, 0.2) is 18.5 Å². The van der Waals surface area contributed by atoms with E-state index in [-0.39, 0.29) is 18.4 Å². The van der Waals surface area contributed by atoms with E-state index in [2.05, 4.69) is 31.0 Å². The highest BCUT2D eigenvalue weighted by Crippen LogP contribution is 2.32. The zero-order valence-corrected chi connectivity index (χ0v) is 15.0. The summed E-state index contributed by atoms with van der Waals surface area (Å²) < 4.78 is 1.97. The highest BCUT2D eigenvalue weighted by atomic mass is 35.5. The molecule has 0 spiro atoms. The average molecular weight is 378 g/mol. The zero-order chi connectivity index (χ0) is 17.4. The number of pyridine rings is 1. The number of aromatic amines is 1. The van der Waals surface area contributed by atoms with Gasteiger partial charge in [0.2, 0.25) is 0 Å². The minimum atomic E-state index is -0.742. The molecule has 26 heavy (non-hydrogen) atoms. The first kappa shape index (κ1) is 18.2. The predicted octanol–water partition coefficient (Wildman–Crippen LogP) is 0.943. The lowest BCUT2D eigenvalue weighted by molar-refractivity contribution is -0.135. The van der Waals surface area contributed by atoms with Crippen molar-refractivity contribution in [2.45, 2.75) is 18.9 Å². The largest absolute Gasteiger partial charge is 0.351 e. The highest BCUT2D eigenvalue weighted by molar-refractivity contribution is 6.40. The van der Waals surface area contributed by atoms with Crippen LogP contribution in [0.3, 0.4) is 0 Å². The highest BCUT2D eigenvalue weighted by Gasteiger charge is 2.24. The Morgan fingerprint density at radius 3 is 2.73 bits per heavy atom. The van der Waals surface area contributed by atoms with Crippen LogP contribution >= 0.6 is 12.4 Å². The third-order valence-corrected chi connectivity index (χ3v) is 4.57. The predicted molar refractivity (Wildman–Crippen MR) is 100 cm³/mol. The molecule has 10 heteroatoms. The number of amides is 2. The molecule has 3 aromatic heterocycles. The number of nitrogens with one attached hydrogen (secondary N) is 4. The van der Waals surface area contributed by atoms with Crippen molar-refractivity contribution in [3.05, 3.63) is 18.5 Å². The molecule has 4 heterocycles. The number of carbonyl (C=O) groups excluding carboxylic acids is 2. The number of anilines is 1. The van der Waals surface area contributed by atoms with Crippen LogP contribution in [0, 0.1) is 0 Å². The first-order chi connectivity index (χ1) is 12.2. The lowest BCUT2D eigenvalue weighted by Crippen LogP contribution is -2.33. The summed E-state index contributed by atoms with van der Waals surface area (Å²) in [5, 5.41) is 14.6. The number of likely N-dealkylation sites (N-methyl/N-ethyl adjacent to an activating group) is 1. The van der Waals surface area contributed by atoms with E-state index in [4.69, 9.17) is 0 Å². The number of hydrogen-bond donors (Lipinski definition) is 4. The molecular formula is C16H20ClN7O2. The van der Waals surface area contributed by atoms with Crippen molar-refractivity contribution in [2.24, 2.45) is 0 Å². The van der Waals surface area contributed by atoms with E-state index < -0.39 is 11.8 Å². The molecule has 4 rings (SSSR count). The molecule has 9 nitrogen and oxygen atoms in total. The number of carbonyl (C=O) groups is 2. The third kappa shape index (κ3) is 2.99. The third-order valence-electron chi connectivity index (χ3n) is 4.57. The van der Waals surface area contributed by atoms with Crippen molar-refractivity contribution >= 4 is 52.0 Å². The van der Waals surface area contributed by atoms with Gasteiger partial charge in [-0.25, -0.2) is 4.98 Å². The number of piperidine rings is 1. The van der Waals surface area contributed by atoms with E-state index in [1.165, 1.54) is 7.05 Å². The number of rotatable bonds is 2. The van der Waals surface area contributed by atoms with Crippen LogP contribution < -0.4 is 16.0 Å². The Hall–Kier alpha value is -2.65. The fraction of sp³-hybridized carbons (Fsp3) is 0.375. The lowest BCUT2D eigenvalue weighted by atomic mass is 10.1. The molecule has 0 unspecified atom stereocenters. The van der Waals surface area contributed by atoms with Gasteiger partial charge >= 0.3 is 11.8 Å².